The first-order valence-electron chi connectivity index (χ1n) is 8.32. The minimum absolute atomic E-state index is 0.226. The molecule has 0 unspecified atom stereocenters. The molecule has 1 amide bonds. The lowest BCUT2D eigenvalue weighted by molar-refractivity contribution is 0.102. The van der Waals surface area contributed by atoms with E-state index in [-0.39, 0.29) is 23.4 Å². The fourth-order valence-electron chi connectivity index (χ4n) is 2.62. The van der Waals surface area contributed by atoms with Crippen molar-refractivity contribution in [3.63, 3.8) is 0 Å². The van der Waals surface area contributed by atoms with Crippen molar-refractivity contribution in [2.24, 2.45) is 0 Å². The van der Waals surface area contributed by atoms with Crippen LogP contribution >= 0.6 is 0 Å². The molecule has 0 saturated carbocycles. The van der Waals surface area contributed by atoms with E-state index in [2.05, 4.69) is 20.6 Å². The number of benzene rings is 2. The zero-order valence-corrected chi connectivity index (χ0v) is 14.6. The van der Waals surface area contributed by atoms with Gasteiger partial charge in [-0.3, -0.25) is 4.79 Å². The number of nitrogens with zero attached hydrogens (tertiary/aromatic N) is 2. The molecule has 3 rings (SSSR count). The highest BCUT2D eigenvalue weighted by molar-refractivity contribution is 6.03. The van der Waals surface area contributed by atoms with E-state index in [0.717, 1.165) is 23.2 Å². The third-order valence-electron chi connectivity index (χ3n) is 3.95. The molecule has 2 aromatic carbocycles. The Morgan fingerprint density at radius 3 is 2.73 bits per heavy atom. The van der Waals surface area contributed by atoms with Gasteiger partial charge in [0.1, 0.15) is 11.5 Å². The Kier molecular flexibility index (Phi) is 5.22. The zero-order chi connectivity index (χ0) is 18.5. The number of carbonyl (C=O) groups is 1. The standard InChI is InChI=1S/C20H19FN4O/c1-3-14-7-4-6-13(2)18(14)25-19(26)17-10-11-22-20(24-17)23-16-9-5-8-15(21)12-16/h4-12H,3H2,1-2H3,(H,25,26)(H,22,23,24). The lowest BCUT2D eigenvalue weighted by Crippen LogP contribution is -2.16. The van der Waals surface area contributed by atoms with Crippen LogP contribution in [0.25, 0.3) is 0 Å². The number of hydrogen-bond acceptors (Lipinski definition) is 4. The van der Waals surface area contributed by atoms with Crippen molar-refractivity contribution < 1.29 is 9.18 Å². The number of rotatable bonds is 5. The van der Waals surface area contributed by atoms with E-state index in [9.17, 15) is 9.18 Å². The first-order valence-corrected chi connectivity index (χ1v) is 8.32. The molecule has 6 heteroatoms. The molecule has 0 aliphatic rings. The number of anilines is 3. The van der Waals surface area contributed by atoms with E-state index in [1.54, 1.807) is 12.1 Å². The summed E-state index contributed by atoms with van der Waals surface area (Å²) in [5.41, 5.74) is 3.59. The van der Waals surface area contributed by atoms with Crippen molar-refractivity contribution in [2.45, 2.75) is 20.3 Å². The minimum atomic E-state index is -0.365. The highest BCUT2D eigenvalue weighted by atomic mass is 19.1. The van der Waals surface area contributed by atoms with E-state index in [0.29, 0.717) is 5.69 Å². The number of para-hydroxylation sites is 1. The predicted octanol–water partition coefficient (Wildman–Crippen LogP) is 4.48. The van der Waals surface area contributed by atoms with Crippen LogP contribution in [0.1, 0.15) is 28.5 Å². The van der Waals surface area contributed by atoms with E-state index in [1.165, 1.54) is 24.4 Å². The zero-order valence-electron chi connectivity index (χ0n) is 14.6. The molecule has 1 heterocycles. The molecule has 0 saturated heterocycles. The van der Waals surface area contributed by atoms with Crippen LogP contribution in [0, 0.1) is 12.7 Å². The fraction of sp³-hybridized carbons (Fsp3) is 0.150. The summed E-state index contributed by atoms with van der Waals surface area (Å²) in [5, 5.41) is 5.82. The molecule has 132 valence electrons. The summed E-state index contributed by atoms with van der Waals surface area (Å²) < 4.78 is 13.3. The topological polar surface area (TPSA) is 66.9 Å². The number of aromatic nitrogens is 2. The Labute approximate surface area is 151 Å². The molecular weight excluding hydrogens is 331 g/mol. The van der Waals surface area contributed by atoms with E-state index in [4.69, 9.17) is 0 Å². The third-order valence-corrected chi connectivity index (χ3v) is 3.95. The summed E-state index contributed by atoms with van der Waals surface area (Å²) in [6.07, 6.45) is 2.30. The number of aryl methyl sites for hydroxylation is 2. The molecule has 2 N–H and O–H groups in total. The van der Waals surface area contributed by atoms with Gasteiger partial charge >= 0.3 is 0 Å². The summed E-state index contributed by atoms with van der Waals surface area (Å²) in [6.45, 7) is 3.99. The monoisotopic (exact) mass is 350 g/mol. The van der Waals surface area contributed by atoms with Gasteiger partial charge in [0.15, 0.2) is 0 Å². The van der Waals surface area contributed by atoms with Gasteiger partial charge in [-0.25, -0.2) is 14.4 Å². The first-order chi connectivity index (χ1) is 12.6. The van der Waals surface area contributed by atoms with Gasteiger partial charge in [0.25, 0.3) is 5.91 Å². The normalized spacial score (nSPS) is 10.4. The van der Waals surface area contributed by atoms with E-state index < -0.39 is 0 Å². The Morgan fingerprint density at radius 1 is 1.15 bits per heavy atom. The number of nitrogens with one attached hydrogen (secondary N) is 2. The molecule has 0 aliphatic heterocycles. The second kappa shape index (κ2) is 7.74. The van der Waals surface area contributed by atoms with Crippen molar-refractivity contribution >= 4 is 23.2 Å². The maximum atomic E-state index is 13.3. The number of halogens is 1. The highest BCUT2D eigenvalue weighted by Crippen LogP contribution is 2.22. The third kappa shape index (κ3) is 4.03. The Bertz CT molecular complexity index is 943. The van der Waals surface area contributed by atoms with Gasteiger partial charge in [-0.05, 0) is 48.7 Å². The SMILES string of the molecule is CCc1cccc(C)c1NC(=O)c1ccnc(Nc2cccc(F)c2)n1. The lowest BCUT2D eigenvalue weighted by Gasteiger charge is -2.13. The Morgan fingerprint density at radius 2 is 1.96 bits per heavy atom. The smallest absolute Gasteiger partial charge is 0.274 e. The van der Waals surface area contributed by atoms with Crippen LogP contribution in [0.15, 0.2) is 54.7 Å². The number of amides is 1. The lowest BCUT2D eigenvalue weighted by atomic mass is 10.1. The molecule has 26 heavy (non-hydrogen) atoms. The molecule has 5 nitrogen and oxygen atoms in total. The van der Waals surface area contributed by atoms with Gasteiger partial charge in [0, 0.05) is 17.6 Å². The van der Waals surface area contributed by atoms with Crippen molar-refractivity contribution in [1.29, 1.82) is 0 Å². The highest BCUT2D eigenvalue weighted by Gasteiger charge is 2.13. The van der Waals surface area contributed by atoms with Crippen LogP contribution < -0.4 is 10.6 Å². The van der Waals surface area contributed by atoms with Crippen LogP contribution in [0.2, 0.25) is 0 Å². The van der Waals surface area contributed by atoms with Gasteiger partial charge in [-0.2, -0.15) is 0 Å². The molecule has 3 aromatic rings. The molecule has 0 spiro atoms. The molecule has 0 bridgehead atoms. The molecule has 0 aliphatic carbocycles. The average molecular weight is 350 g/mol. The van der Waals surface area contributed by atoms with Crippen LogP contribution in [0.5, 0.6) is 0 Å². The van der Waals surface area contributed by atoms with Crippen molar-refractivity contribution in [3.05, 3.63) is 77.4 Å². The minimum Gasteiger partial charge on any atom is -0.324 e. The average Bonchev–Trinajstić information content (AvgIpc) is 2.63. The molecule has 0 fully saturated rings. The maximum absolute atomic E-state index is 13.3. The van der Waals surface area contributed by atoms with Crippen LogP contribution in [-0.4, -0.2) is 15.9 Å². The summed E-state index contributed by atoms with van der Waals surface area (Å²) in [6, 6.07) is 13.4. The summed E-state index contributed by atoms with van der Waals surface area (Å²) in [7, 11) is 0. The van der Waals surface area contributed by atoms with Gasteiger partial charge in [0.05, 0.1) is 0 Å². The largest absolute Gasteiger partial charge is 0.324 e. The summed E-state index contributed by atoms with van der Waals surface area (Å²) in [4.78, 5) is 20.9. The number of carbonyl (C=O) groups excluding carboxylic acids is 1. The summed E-state index contributed by atoms with van der Waals surface area (Å²) in [5.74, 6) is -0.460. The van der Waals surface area contributed by atoms with E-state index in [1.807, 2.05) is 32.0 Å². The molecule has 0 atom stereocenters. The van der Waals surface area contributed by atoms with Crippen LogP contribution in [0.3, 0.4) is 0 Å². The molecule has 1 aromatic heterocycles. The molecule has 0 radical (unpaired) electrons. The Balaban J connectivity index is 1.81. The van der Waals surface area contributed by atoms with Crippen LogP contribution in [-0.2, 0) is 6.42 Å². The predicted molar refractivity (Wildman–Crippen MR) is 100 cm³/mol. The van der Waals surface area contributed by atoms with Crippen molar-refractivity contribution in [1.82, 2.24) is 9.97 Å². The second-order valence-corrected chi connectivity index (χ2v) is 5.82. The van der Waals surface area contributed by atoms with Crippen LogP contribution in [0.4, 0.5) is 21.7 Å². The van der Waals surface area contributed by atoms with Crippen molar-refractivity contribution in [2.75, 3.05) is 10.6 Å². The van der Waals surface area contributed by atoms with E-state index >= 15 is 0 Å². The fourth-order valence-corrected chi connectivity index (χ4v) is 2.62. The summed E-state index contributed by atoms with van der Waals surface area (Å²) >= 11 is 0. The van der Waals surface area contributed by atoms with Gasteiger partial charge in [0.2, 0.25) is 5.95 Å². The molecular formula is C20H19FN4O. The van der Waals surface area contributed by atoms with Gasteiger partial charge < -0.3 is 10.6 Å². The quantitative estimate of drug-likeness (QED) is 0.712. The maximum Gasteiger partial charge on any atom is 0.274 e. The van der Waals surface area contributed by atoms with Gasteiger partial charge in [-0.1, -0.05) is 31.2 Å². The Hall–Kier alpha value is -3.28. The second-order valence-electron chi connectivity index (χ2n) is 5.82. The van der Waals surface area contributed by atoms with Gasteiger partial charge in [-0.15, -0.1) is 0 Å². The first kappa shape index (κ1) is 17.5. The van der Waals surface area contributed by atoms with Crippen molar-refractivity contribution in [3.8, 4) is 0 Å². The number of hydrogen-bond donors (Lipinski definition) is 2.